The average Bonchev–Trinajstić information content (AvgIpc) is 2.85. The molecule has 1 amide bonds. The fraction of sp³-hybridized carbons (Fsp3) is 0.429. The van der Waals surface area contributed by atoms with E-state index in [0.29, 0.717) is 18.4 Å². The summed E-state index contributed by atoms with van der Waals surface area (Å²) < 4.78 is 0. The number of aliphatic carboxylic acids is 1. The Hall–Kier alpha value is -2.04. The maximum atomic E-state index is 12.0. The maximum absolute atomic E-state index is 12.0. The first kappa shape index (κ1) is 13.4. The molecule has 1 aromatic rings. The van der Waals surface area contributed by atoms with E-state index in [2.05, 4.69) is 10.6 Å². The topological polar surface area (TPSA) is 78.4 Å². The molecule has 1 aliphatic rings. The molecule has 1 heterocycles. The van der Waals surface area contributed by atoms with E-state index in [1.54, 1.807) is 6.07 Å². The molecule has 0 aromatic heterocycles. The predicted molar refractivity (Wildman–Crippen MR) is 72.4 cm³/mol. The Morgan fingerprint density at radius 3 is 2.95 bits per heavy atom. The lowest BCUT2D eigenvalue weighted by Crippen LogP contribution is -2.40. The van der Waals surface area contributed by atoms with Crippen LogP contribution in [-0.2, 0) is 11.2 Å². The van der Waals surface area contributed by atoms with Crippen LogP contribution in [0.4, 0.5) is 5.69 Å². The highest BCUT2D eigenvalue weighted by atomic mass is 16.4. The molecule has 0 radical (unpaired) electrons. The first-order chi connectivity index (χ1) is 9.11. The van der Waals surface area contributed by atoms with Gasteiger partial charge in [0.25, 0.3) is 5.91 Å². The van der Waals surface area contributed by atoms with Gasteiger partial charge in [0.05, 0.1) is 0 Å². The molecule has 3 N–H and O–H groups in total. The van der Waals surface area contributed by atoms with Crippen molar-refractivity contribution in [3.8, 4) is 0 Å². The van der Waals surface area contributed by atoms with Gasteiger partial charge >= 0.3 is 5.97 Å². The van der Waals surface area contributed by atoms with Crippen LogP contribution in [0.3, 0.4) is 0 Å². The standard InChI is InChI=1S/C14H18N2O3/c1-2-3-12(14(18)19)16-13(17)10-4-5-11-9(8-10)6-7-15-11/h4-5,8,12,15H,2-3,6-7H2,1H3,(H,16,17)(H,18,19)/t12-/m0/s1. The first-order valence-corrected chi connectivity index (χ1v) is 6.52. The Labute approximate surface area is 112 Å². The van der Waals surface area contributed by atoms with E-state index in [9.17, 15) is 9.59 Å². The lowest BCUT2D eigenvalue weighted by molar-refractivity contribution is -0.139. The quantitative estimate of drug-likeness (QED) is 0.753. The minimum atomic E-state index is -0.988. The van der Waals surface area contributed by atoms with Gasteiger partial charge in [-0.1, -0.05) is 13.3 Å². The van der Waals surface area contributed by atoms with Crippen LogP contribution in [0.15, 0.2) is 18.2 Å². The van der Waals surface area contributed by atoms with Gasteiger partial charge in [-0.25, -0.2) is 4.79 Å². The second-order valence-electron chi connectivity index (χ2n) is 4.70. The van der Waals surface area contributed by atoms with Gasteiger partial charge in [-0.2, -0.15) is 0 Å². The zero-order chi connectivity index (χ0) is 13.8. The first-order valence-electron chi connectivity index (χ1n) is 6.52. The number of rotatable bonds is 5. The third-order valence-corrected chi connectivity index (χ3v) is 3.26. The summed E-state index contributed by atoms with van der Waals surface area (Å²) in [6.07, 6.45) is 2.05. The molecule has 1 atom stereocenters. The zero-order valence-corrected chi connectivity index (χ0v) is 10.9. The summed E-state index contributed by atoms with van der Waals surface area (Å²) in [7, 11) is 0. The SMILES string of the molecule is CCC[C@H](NC(=O)c1ccc2c(c1)CCN2)C(=O)O. The van der Waals surface area contributed by atoms with Crippen LogP contribution >= 0.6 is 0 Å². The molecule has 2 rings (SSSR count). The Morgan fingerprint density at radius 1 is 1.47 bits per heavy atom. The number of nitrogens with one attached hydrogen (secondary N) is 2. The molecule has 0 saturated heterocycles. The Kier molecular flexibility index (Phi) is 4.04. The van der Waals surface area contributed by atoms with Crippen molar-refractivity contribution >= 4 is 17.6 Å². The summed E-state index contributed by atoms with van der Waals surface area (Å²) in [5, 5.41) is 14.8. The summed E-state index contributed by atoms with van der Waals surface area (Å²) in [5.74, 6) is -1.31. The van der Waals surface area contributed by atoms with Crippen molar-refractivity contribution in [2.24, 2.45) is 0 Å². The number of carbonyl (C=O) groups is 2. The molecule has 0 unspecified atom stereocenters. The number of carbonyl (C=O) groups excluding carboxylic acids is 1. The largest absolute Gasteiger partial charge is 0.480 e. The number of fused-ring (bicyclic) bond motifs is 1. The van der Waals surface area contributed by atoms with Gasteiger partial charge in [0.1, 0.15) is 6.04 Å². The molecule has 0 saturated carbocycles. The van der Waals surface area contributed by atoms with Gasteiger partial charge in [-0.15, -0.1) is 0 Å². The predicted octanol–water partition coefficient (Wildman–Crippen LogP) is 1.64. The summed E-state index contributed by atoms with van der Waals surface area (Å²) >= 11 is 0. The molecule has 5 heteroatoms. The Balaban J connectivity index is 2.09. The third-order valence-electron chi connectivity index (χ3n) is 3.26. The lowest BCUT2D eigenvalue weighted by atomic mass is 10.1. The number of carboxylic acids is 1. The highest BCUT2D eigenvalue weighted by Gasteiger charge is 2.20. The van der Waals surface area contributed by atoms with Gasteiger partial charge < -0.3 is 15.7 Å². The van der Waals surface area contributed by atoms with E-state index >= 15 is 0 Å². The number of carboxylic acid groups (broad SMARTS) is 1. The van der Waals surface area contributed by atoms with Crippen molar-refractivity contribution in [1.82, 2.24) is 5.32 Å². The minimum absolute atomic E-state index is 0.324. The van der Waals surface area contributed by atoms with E-state index in [1.807, 2.05) is 19.1 Å². The van der Waals surface area contributed by atoms with E-state index in [4.69, 9.17) is 5.11 Å². The average molecular weight is 262 g/mol. The third kappa shape index (κ3) is 3.05. The fourth-order valence-corrected chi connectivity index (χ4v) is 2.23. The second kappa shape index (κ2) is 5.73. The van der Waals surface area contributed by atoms with Crippen LogP contribution in [0.1, 0.15) is 35.7 Å². The van der Waals surface area contributed by atoms with Crippen LogP contribution < -0.4 is 10.6 Å². The van der Waals surface area contributed by atoms with Gasteiger partial charge in [0.15, 0.2) is 0 Å². The van der Waals surface area contributed by atoms with Crippen molar-refractivity contribution in [1.29, 1.82) is 0 Å². The lowest BCUT2D eigenvalue weighted by Gasteiger charge is -2.14. The Morgan fingerprint density at radius 2 is 2.26 bits per heavy atom. The number of amides is 1. The van der Waals surface area contributed by atoms with Crippen molar-refractivity contribution in [2.45, 2.75) is 32.2 Å². The van der Waals surface area contributed by atoms with Crippen LogP contribution in [0.2, 0.25) is 0 Å². The van der Waals surface area contributed by atoms with Crippen molar-refractivity contribution < 1.29 is 14.7 Å². The van der Waals surface area contributed by atoms with Gasteiger partial charge in [-0.3, -0.25) is 4.79 Å². The number of benzene rings is 1. The number of anilines is 1. The highest BCUT2D eigenvalue weighted by Crippen LogP contribution is 2.23. The van der Waals surface area contributed by atoms with Crippen molar-refractivity contribution in [3.05, 3.63) is 29.3 Å². The molecule has 0 aliphatic carbocycles. The molecule has 0 spiro atoms. The van der Waals surface area contributed by atoms with Gasteiger partial charge in [0.2, 0.25) is 0 Å². The minimum Gasteiger partial charge on any atom is -0.480 e. The number of hydrogen-bond donors (Lipinski definition) is 3. The van der Waals surface area contributed by atoms with E-state index in [1.165, 1.54) is 0 Å². The van der Waals surface area contributed by atoms with E-state index in [0.717, 1.165) is 24.2 Å². The highest BCUT2D eigenvalue weighted by molar-refractivity contribution is 5.97. The normalized spacial score (nSPS) is 14.4. The molecule has 19 heavy (non-hydrogen) atoms. The molecule has 0 fully saturated rings. The van der Waals surface area contributed by atoms with Crippen molar-refractivity contribution in [3.63, 3.8) is 0 Å². The molecular weight excluding hydrogens is 244 g/mol. The summed E-state index contributed by atoms with van der Waals surface area (Å²) in [6.45, 7) is 2.77. The molecule has 1 aliphatic heterocycles. The summed E-state index contributed by atoms with van der Waals surface area (Å²) in [6, 6.07) is 4.60. The summed E-state index contributed by atoms with van der Waals surface area (Å²) in [5.41, 5.74) is 2.68. The molecule has 102 valence electrons. The maximum Gasteiger partial charge on any atom is 0.326 e. The van der Waals surface area contributed by atoms with E-state index in [-0.39, 0.29) is 5.91 Å². The monoisotopic (exact) mass is 262 g/mol. The smallest absolute Gasteiger partial charge is 0.326 e. The van der Waals surface area contributed by atoms with Crippen LogP contribution in [0, 0.1) is 0 Å². The van der Waals surface area contributed by atoms with Crippen LogP contribution in [0.5, 0.6) is 0 Å². The van der Waals surface area contributed by atoms with Crippen LogP contribution in [0.25, 0.3) is 0 Å². The number of hydrogen-bond acceptors (Lipinski definition) is 3. The summed E-state index contributed by atoms with van der Waals surface area (Å²) in [4.78, 5) is 23.1. The molecule has 5 nitrogen and oxygen atoms in total. The van der Waals surface area contributed by atoms with Gasteiger partial charge in [0, 0.05) is 17.8 Å². The fourth-order valence-electron chi connectivity index (χ4n) is 2.23. The molecule has 1 aromatic carbocycles. The zero-order valence-electron chi connectivity index (χ0n) is 10.9. The van der Waals surface area contributed by atoms with E-state index < -0.39 is 12.0 Å². The van der Waals surface area contributed by atoms with Crippen LogP contribution in [-0.4, -0.2) is 29.6 Å². The molecular formula is C14H18N2O3. The Bertz CT molecular complexity index is 499. The molecule has 0 bridgehead atoms. The van der Waals surface area contributed by atoms with Gasteiger partial charge in [-0.05, 0) is 36.6 Å². The van der Waals surface area contributed by atoms with Crippen molar-refractivity contribution in [2.75, 3.05) is 11.9 Å². The second-order valence-corrected chi connectivity index (χ2v) is 4.70.